The Bertz CT molecular complexity index is 338. The summed E-state index contributed by atoms with van der Waals surface area (Å²) >= 11 is 0. The highest BCUT2D eigenvalue weighted by Crippen LogP contribution is 2.39. The molecule has 1 aliphatic heterocycles. The molecule has 0 aromatic heterocycles. The van der Waals surface area contributed by atoms with Crippen LogP contribution in [0.25, 0.3) is 0 Å². The topological polar surface area (TPSA) is 58.6 Å². The number of carbonyl (C=O) groups is 1. The van der Waals surface area contributed by atoms with Crippen LogP contribution in [-0.4, -0.2) is 35.9 Å². The van der Waals surface area contributed by atoms with Crippen LogP contribution < -0.4 is 5.32 Å². The Kier molecular flexibility index (Phi) is 5.67. The third kappa shape index (κ3) is 5.59. The predicted molar refractivity (Wildman–Crippen MR) is 83.0 cm³/mol. The molecule has 0 aromatic rings. The second-order valence-corrected chi connectivity index (χ2v) is 7.69. The maximum Gasteiger partial charge on any atom is 0.220 e. The molecule has 4 heteroatoms. The summed E-state index contributed by atoms with van der Waals surface area (Å²) in [4.78, 5) is 11.9. The van der Waals surface area contributed by atoms with Crippen molar-refractivity contribution in [3.8, 4) is 0 Å². The molecule has 2 N–H and O–H groups in total. The average Bonchev–Trinajstić information content (AvgIpc) is 2.48. The first-order valence-corrected chi connectivity index (χ1v) is 8.49. The highest BCUT2D eigenvalue weighted by Gasteiger charge is 2.36. The van der Waals surface area contributed by atoms with Gasteiger partial charge in [-0.3, -0.25) is 4.79 Å². The van der Waals surface area contributed by atoms with Crippen LogP contribution in [0.4, 0.5) is 0 Å². The van der Waals surface area contributed by atoms with Crippen molar-refractivity contribution in [2.45, 2.75) is 83.3 Å². The maximum atomic E-state index is 11.9. The van der Waals surface area contributed by atoms with E-state index in [-0.39, 0.29) is 12.0 Å². The molecule has 1 atom stereocenters. The summed E-state index contributed by atoms with van der Waals surface area (Å²) in [6, 6.07) is 0. The zero-order valence-corrected chi connectivity index (χ0v) is 13.6. The smallest absolute Gasteiger partial charge is 0.220 e. The van der Waals surface area contributed by atoms with Crippen molar-refractivity contribution in [3.63, 3.8) is 0 Å². The van der Waals surface area contributed by atoms with E-state index in [0.717, 1.165) is 51.6 Å². The molecule has 2 rings (SSSR count). The third-order valence-corrected chi connectivity index (χ3v) is 5.12. The summed E-state index contributed by atoms with van der Waals surface area (Å²) in [7, 11) is 0. The Morgan fingerprint density at radius 2 is 1.95 bits per heavy atom. The van der Waals surface area contributed by atoms with E-state index < -0.39 is 5.60 Å². The Morgan fingerprint density at radius 3 is 2.57 bits per heavy atom. The quantitative estimate of drug-likeness (QED) is 0.820. The van der Waals surface area contributed by atoms with Gasteiger partial charge in [0, 0.05) is 19.6 Å². The Labute approximate surface area is 128 Å². The fraction of sp³-hybridized carbons (Fsp3) is 0.941. The van der Waals surface area contributed by atoms with Gasteiger partial charge in [-0.25, -0.2) is 0 Å². The van der Waals surface area contributed by atoms with Crippen LogP contribution in [0, 0.1) is 5.41 Å². The summed E-state index contributed by atoms with van der Waals surface area (Å²) in [6.45, 7) is 5.72. The van der Waals surface area contributed by atoms with E-state index >= 15 is 0 Å². The number of carbonyl (C=O) groups excluding carboxylic acids is 1. The van der Waals surface area contributed by atoms with Crippen molar-refractivity contribution in [2.24, 2.45) is 5.41 Å². The lowest BCUT2D eigenvalue weighted by atomic mass is 9.71. The van der Waals surface area contributed by atoms with Gasteiger partial charge in [0.15, 0.2) is 0 Å². The van der Waals surface area contributed by atoms with Gasteiger partial charge in [0.1, 0.15) is 0 Å². The van der Waals surface area contributed by atoms with E-state index in [0.29, 0.717) is 18.4 Å². The normalized spacial score (nSPS) is 28.0. The molecule has 1 amide bonds. The molecule has 0 bridgehead atoms. The molecule has 2 fully saturated rings. The lowest BCUT2D eigenvalue weighted by Gasteiger charge is -2.40. The van der Waals surface area contributed by atoms with E-state index in [9.17, 15) is 9.90 Å². The van der Waals surface area contributed by atoms with Crippen LogP contribution in [-0.2, 0) is 9.53 Å². The largest absolute Gasteiger partial charge is 0.388 e. The monoisotopic (exact) mass is 297 g/mol. The van der Waals surface area contributed by atoms with Gasteiger partial charge < -0.3 is 15.2 Å². The summed E-state index contributed by atoms with van der Waals surface area (Å²) in [5.41, 5.74) is -0.374. The molecule has 1 saturated heterocycles. The minimum atomic E-state index is -0.702. The SMILES string of the molecule is CC1(C)CCC(O)(CNC(=O)CCC2CCCCO2)CC1. The highest BCUT2D eigenvalue weighted by atomic mass is 16.5. The first-order valence-electron chi connectivity index (χ1n) is 8.49. The van der Waals surface area contributed by atoms with Crippen LogP contribution in [0.1, 0.15) is 71.6 Å². The van der Waals surface area contributed by atoms with Crippen molar-refractivity contribution in [1.82, 2.24) is 5.32 Å². The molecule has 1 heterocycles. The number of aliphatic hydroxyl groups is 1. The first kappa shape index (κ1) is 16.8. The molecule has 0 spiro atoms. The van der Waals surface area contributed by atoms with Crippen molar-refractivity contribution < 1.29 is 14.6 Å². The highest BCUT2D eigenvalue weighted by molar-refractivity contribution is 5.75. The van der Waals surface area contributed by atoms with Crippen molar-refractivity contribution >= 4 is 5.91 Å². The van der Waals surface area contributed by atoms with E-state index in [1.165, 1.54) is 6.42 Å². The fourth-order valence-corrected chi connectivity index (χ4v) is 3.25. The minimum Gasteiger partial charge on any atom is -0.388 e. The lowest BCUT2D eigenvalue weighted by molar-refractivity contribution is -0.124. The Morgan fingerprint density at radius 1 is 1.24 bits per heavy atom. The van der Waals surface area contributed by atoms with Gasteiger partial charge in [0.25, 0.3) is 0 Å². The number of ether oxygens (including phenoxy) is 1. The van der Waals surface area contributed by atoms with E-state index in [2.05, 4.69) is 19.2 Å². The van der Waals surface area contributed by atoms with Gasteiger partial charge in [0.05, 0.1) is 11.7 Å². The summed E-state index contributed by atoms with van der Waals surface area (Å²) < 4.78 is 5.64. The summed E-state index contributed by atoms with van der Waals surface area (Å²) in [6.07, 6.45) is 8.61. The molecule has 0 aromatic carbocycles. The predicted octanol–water partition coefficient (Wildman–Crippen LogP) is 2.78. The van der Waals surface area contributed by atoms with Crippen molar-refractivity contribution in [3.05, 3.63) is 0 Å². The van der Waals surface area contributed by atoms with Gasteiger partial charge in [-0.2, -0.15) is 0 Å². The van der Waals surface area contributed by atoms with Gasteiger partial charge in [-0.1, -0.05) is 13.8 Å². The zero-order chi connectivity index (χ0) is 15.3. The van der Waals surface area contributed by atoms with Crippen LogP contribution in [0.15, 0.2) is 0 Å². The van der Waals surface area contributed by atoms with Gasteiger partial charge in [-0.05, 0) is 56.8 Å². The molecule has 0 radical (unpaired) electrons. The molecule has 21 heavy (non-hydrogen) atoms. The number of hydrogen-bond acceptors (Lipinski definition) is 3. The number of hydrogen-bond donors (Lipinski definition) is 2. The van der Waals surface area contributed by atoms with Crippen LogP contribution in [0.2, 0.25) is 0 Å². The van der Waals surface area contributed by atoms with Gasteiger partial charge in [0.2, 0.25) is 5.91 Å². The minimum absolute atomic E-state index is 0.0439. The maximum absolute atomic E-state index is 11.9. The lowest BCUT2D eigenvalue weighted by Crippen LogP contribution is -2.46. The number of nitrogens with one attached hydrogen (secondary N) is 1. The molecule has 1 unspecified atom stereocenters. The third-order valence-electron chi connectivity index (χ3n) is 5.12. The molecular weight excluding hydrogens is 266 g/mol. The summed E-state index contributed by atoms with van der Waals surface area (Å²) in [5, 5.41) is 13.4. The van der Waals surface area contributed by atoms with Crippen LogP contribution in [0.5, 0.6) is 0 Å². The first-order chi connectivity index (χ1) is 9.89. The van der Waals surface area contributed by atoms with Gasteiger partial charge in [-0.15, -0.1) is 0 Å². The molecule has 4 nitrogen and oxygen atoms in total. The second kappa shape index (κ2) is 7.10. The molecule has 1 saturated carbocycles. The van der Waals surface area contributed by atoms with Gasteiger partial charge >= 0.3 is 0 Å². The van der Waals surface area contributed by atoms with E-state index in [4.69, 9.17) is 4.74 Å². The van der Waals surface area contributed by atoms with Crippen molar-refractivity contribution in [1.29, 1.82) is 0 Å². The molecular formula is C17H31NO3. The van der Waals surface area contributed by atoms with E-state index in [1.54, 1.807) is 0 Å². The van der Waals surface area contributed by atoms with Crippen LogP contribution >= 0.6 is 0 Å². The number of amides is 1. The van der Waals surface area contributed by atoms with E-state index in [1.807, 2.05) is 0 Å². The van der Waals surface area contributed by atoms with Crippen molar-refractivity contribution in [2.75, 3.05) is 13.2 Å². The molecule has 1 aliphatic carbocycles. The Balaban J connectivity index is 1.64. The second-order valence-electron chi connectivity index (χ2n) is 7.69. The number of rotatable bonds is 5. The standard InChI is InChI=1S/C17H31NO3/c1-16(2)8-10-17(20,11-9-16)13-18-15(19)7-6-14-5-3-4-12-21-14/h14,20H,3-13H2,1-2H3,(H,18,19). The summed E-state index contributed by atoms with van der Waals surface area (Å²) in [5.74, 6) is 0.0439. The van der Waals surface area contributed by atoms with Crippen LogP contribution in [0.3, 0.4) is 0 Å². The fourth-order valence-electron chi connectivity index (χ4n) is 3.25. The Hall–Kier alpha value is -0.610. The molecule has 122 valence electrons. The zero-order valence-electron chi connectivity index (χ0n) is 13.6. The molecule has 2 aliphatic rings. The average molecular weight is 297 g/mol.